The Labute approximate surface area is 130 Å². The molecule has 0 spiro atoms. The summed E-state index contributed by atoms with van der Waals surface area (Å²) in [4.78, 5) is 11.5. The molecule has 6 heteroatoms. The Balaban J connectivity index is 2.40. The molecule has 4 nitrogen and oxygen atoms in total. The number of aryl methyl sites for hydroxylation is 1. The summed E-state index contributed by atoms with van der Waals surface area (Å²) in [6.07, 6.45) is 0. The van der Waals surface area contributed by atoms with Gasteiger partial charge in [0.1, 0.15) is 5.69 Å². The van der Waals surface area contributed by atoms with Crippen molar-refractivity contribution in [1.82, 2.24) is 4.57 Å². The highest BCUT2D eigenvalue weighted by Crippen LogP contribution is 2.32. The second-order valence-electron chi connectivity index (χ2n) is 5.16. The summed E-state index contributed by atoms with van der Waals surface area (Å²) in [6.45, 7) is 0. The summed E-state index contributed by atoms with van der Waals surface area (Å²) in [7, 11) is 1.65. The van der Waals surface area contributed by atoms with Gasteiger partial charge in [-0.05, 0) is 35.9 Å². The second-order valence-corrected chi connectivity index (χ2v) is 5.16. The number of rotatable bonds is 2. The van der Waals surface area contributed by atoms with E-state index >= 15 is 0 Å². The number of nitrogens with two attached hydrogens (primary N) is 1. The van der Waals surface area contributed by atoms with Gasteiger partial charge in [-0.2, -0.15) is 5.26 Å². The van der Waals surface area contributed by atoms with E-state index in [2.05, 4.69) is 0 Å². The Hall–Kier alpha value is -3.20. The Bertz CT molecular complexity index is 999. The number of hydrogen-bond donors (Lipinski definition) is 1. The van der Waals surface area contributed by atoms with Crippen molar-refractivity contribution in [3.05, 3.63) is 59.3 Å². The predicted octanol–water partition coefficient (Wildman–Crippen LogP) is 3.09. The van der Waals surface area contributed by atoms with Crippen LogP contribution in [0, 0.1) is 23.0 Å². The molecule has 0 bridgehead atoms. The number of nitriles is 1. The molecule has 0 fully saturated rings. The van der Waals surface area contributed by atoms with Gasteiger partial charge in [0.25, 0.3) is 5.91 Å². The average Bonchev–Trinajstić information content (AvgIpc) is 2.86. The fraction of sp³-hybridized carbons (Fsp3) is 0.0588. The van der Waals surface area contributed by atoms with Gasteiger partial charge in [0.2, 0.25) is 0 Å². The van der Waals surface area contributed by atoms with E-state index in [0.717, 1.165) is 12.1 Å². The van der Waals surface area contributed by atoms with Crippen molar-refractivity contribution in [3.8, 4) is 17.2 Å². The van der Waals surface area contributed by atoms with Crippen LogP contribution in [0.3, 0.4) is 0 Å². The molecule has 0 aliphatic heterocycles. The smallest absolute Gasteiger partial charge is 0.265 e. The van der Waals surface area contributed by atoms with Crippen LogP contribution in [0.2, 0.25) is 0 Å². The zero-order chi connectivity index (χ0) is 16.7. The van der Waals surface area contributed by atoms with E-state index in [1.54, 1.807) is 29.8 Å². The van der Waals surface area contributed by atoms with Crippen molar-refractivity contribution in [3.63, 3.8) is 0 Å². The third-order valence-corrected chi connectivity index (χ3v) is 3.74. The number of nitrogens with zero attached hydrogens (tertiary/aromatic N) is 2. The first-order valence-corrected chi connectivity index (χ1v) is 6.71. The lowest BCUT2D eigenvalue weighted by Gasteiger charge is -2.09. The van der Waals surface area contributed by atoms with Crippen LogP contribution < -0.4 is 5.73 Å². The topological polar surface area (TPSA) is 71.8 Å². The van der Waals surface area contributed by atoms with Gasteiger partial charge in [0.15, 0.2) is 11.6 Å². The molecule has 0 atom stereocenters. The molecule has 0 saturated heterocycles. The van der Waals surface area contributed by atoms with Crippen molar-refractivity contribution < 1.29 is 13.6 Å². The number of hydrogen-bond acceptors (Lipinski definition) is 2. The third-order valence-electron chi connectivity index (χ3n) is 3.74. The van der Waals surface area contributed by atoms with Crippen LogP contribution in [0.15, 0.2) is 36.4 Å². The number of carbonyl (C=O) groups excluding carboxylic acids is 1. The summed E-state index contributed by atoms with van der Waals surface area (Å²) in [5.74, 6) is -2.55. The molecule has 1 heterocycles. The van der Waals surface area contributed by atoms with Crippen LogP contribution in [0.5, 0.6) is 0 Å². The fourth-order valence-corrected chi connectivity index (χ4v) is 2.69. The van der Waals surface area contributed by atoms with Crippen LogP contribution >= 0.6 is 0 Å². The second kappa shape index (κ2) is 5.21. The molecular weight excluding hydrogens is 300 g/mol. The largest absolute Gasteiger partial charge is 0.364 e. The SMILES string of the molecule is Cn1c(C(N)=O)cc2cc(C#N)cc(-c3ccc(F)c(F)c3)c21. The van der Waals surface area contributed by atoms with Crippen molar-refractivity contribution in [2.45, 2.75) is 0 Å². The first-order valence-electron chi connectivity index (χ1n) is 6.71. The molecule has 0 unspecified atom stereocenters. The third kappa shape index (κ3) is 2.32. The Morgan fingerprint density at radius 2 is 1.91 bits per heavy atom. The standard InChI is InChI=1S/C17H11F2N3O/c1-22-15(17(21)23)7-11-4-9(8-20)5-12(16(11)22)10-2-3-13(18)14(19)6-10/h2-7H,1H3,(H2,21,23). The zero-order valence-corrected chi connectivity index (χ0v) is 12.1. The number of fused-ring (bicyclic) bond motifs is 1. The van der Waals surface area contributed by atoms with E-state index in [-0.39, 0.29) is 5.69 Å². The minimum atomic E-state index is -0.984. The minimum absolute atomic E-state index is 0.263. The lowest BCUT2D eigenvalue weighted by molar-refractivity contribution is 0.0993. The molecule has 0 aliphatic rings. The number of amides is 1. The lowest BCUT2D eigenvalue weighted by Crippen LogP contribution is -2.15. The highest BCUT2D eigenvalue weighted by molar-refractivity contribution is 6.03. The molecule has 0 radical (unpaired) electrons. The zero-order valence-electron chi connectivity index (χ0n) is 12.1. The van der Waals surface area contributed by atoms with Crippen molar-refractivity contribution in [2.24, 2.45) is 12.8 Å². The van der Waals surface area contributed by atoms with Crippen molar-refractivity contribution in [1.29, 1.82) is 5.26 Å². The molecule has 2 N–H and O–H groups in total. The maximum atomic E-state index is 13.6. The van der Waals surface area contributed by atoms with E-state index in [0.29, 0.717) is 27.6 Å². The van der Waals surface area contributed by atoms with E-state index in [1.807, 2.05) is 6.07 Å². The van der Waals surface area contributed by atoms with Crippen LogP contribution in [0.25, 0.3) is 22.0 Å². The number of primary amides is 1. The number of aromatic nitrogens is 1. The van der Waals surface area contributed by atoms with Crippen molar-refractivity contribution >= 4 is 16.8 Å². The molecule has 23 heavy (non-hydrogen) atoms. The van der Waals surface area contributed by atoms with Crippen LogP contribution in [-0.4, -0.2) is 10.5 Å². The fourth-order valence-electron chi connectivity index (χ4n) is 2.69. The molecule has 1 amide bonds. The van der Waals surface area contributed by atoms with E-state index in [4.69, 9.17) is 11.0 Å². The van der Waals surface area contributed by atoms with Crippen LogP contribution in [0.4, 0.5) is 8.78 Å². The Morgan fingerprint density at radius 3 is 2.52 bits per heavy atom. The normalized spacial score (nSPS) is 10.7. The molecule has 114 valence electrons. The summed E-state index contributed by atoms with van der Waals surface area (Å²) >= 11 is 0. The average molecular weight is 311 g/mol. The van der Waals surface area contributed by atoms with Gasteiger partial charge in [0.05, 0.1) is 17.1 Å². The number of benzene rings is 2. The van der Waals surface area contributed by atoms with Gasteiger partial charge in [-0.15, -0.1) is 0 Å². The van der Waals surface area contributed by atoms with Gasteiger partial charge in [-0.3, -0.25) is 4.79 Å². The summed E-state index contributed by atoms with van der Waals surface area (Å²) in [5, 5.41) is 9.79. The number of carbonyl (C=O) groups is 1. The quantitative estimate of drug-likeness (QED) is 0.790. The van der Waals surface area contributed by atoms with Gasteiger partial charge in [0, 0.05) is 18.0 Å². The van der Waals surface area contributed by atoms with Gasteiger partial charge in [-0.1, -0.05) is 6.07 Å². The van der Waals surface area contributed by atoms with Crippen LogP contribution in [0.1, 0.15) is 16.1 Å². The monoisotopic (exact) mass is 311 g/mol. The summed E-state index contributed by atoms with van der Waals surface area (Å²) in [5.41, 5.74) is 7.50. The Morgan fingerprint density at radius 1 is 1.17 bits per heavy atom. The van der Waals surface area contributed by atoms with Crippen LogP contribution in [-0.2, 0) is 7.05 Å². The van der Waals surface area contributed by atoms with Crippen molar-refractivity contribution in [2.75, 3.05) is 0 Å². The summed E-state index contributed by atoms with van der Waals surface area (Å²) < 4.78 is 28.3. The molecule has 3 rings (SSSR count). The molecule has 1 aromatic heterocycles. The molecular formula is C17H11F2N3O. The molecule has 0 saturated carbocycles. The van der Waals surface area contributed by atoms with Gasteiger partial charge >= 0.3 is 0 Å². The summed E-state index contributed by atoms with van der Waals surface area (Å²) in [6, 6.07) is 10.3. The highest BCUT2D eigenvalue weighted by Gasteiger charge is 2.16. The maximum Gasteiger partial charge on any atom is 0.265 e. The van der Waals surface area contributed by atoms with Gasteiger partial charge in [-0.25, -0.2) is 8.78 Å². The Kier molecular flexibility index (Phi) is 3.34. The molecule has 2 aromatic carbocycles. The number of halogens is 2. The lowest BCUT2D eigenvalue weighted by atomic mass is 10.00. The molecule has 3 aromatic rings. The predicted molar refractivity (Wildman–Crippen MR) is 81.5 cm³/mol. The molecule has 0 aliphatic carbocycles. The van der Waals surface area contributed by atoms with E-state index in [1.165, 1.54) is 6.07 Å². The van der Waals surface area contributed by atoms with Gasteiger partial charge < -0.3 is 10.3 Å². The first-order chi connectivity index (χ1) is 10.9. The maximum absolute atomic E-state index is 13.6. The van der Waals surface area contributed by atoms with E-state index < -0.39 is 17.5 Å². The minimum Gasteiger partial charge on any atom is -0.364 e. The van der Waals surface area contributed by atoms with E-state index in [9.17, 15) is 13.6 Å². The highest BCUT2D eigenvalue weighted by atomic mass is 19.2. The first kappa shape index (κ1) is 14.7.